The van der Waals surface area contributed by atoms with Gasteiger partial charge in [-0.1, -0.05) is 52.0 Å². The van der Waals surface area contributed by atoms with Crippen molar-refractivity contribution < 1.29 is 0 Å². The highest BCUT2D eigenvalue weighted by Gasteiger charge is 2.23. The van der Waals surface area contributed by atoms with Crippen LogP contribution in [0.3, 0.4) is 0 Å². The summed E-state index contributed by atoms with van der Waals surface area (Å²) in [5, 5.41) is 0.366. The third-order valence-electron chi connectivity index (χ3n) is 3.12. The molecule has 0 aliphatic carbocycles. The van der Waals surface area contributed by atoms with E-state index in [1.807, 2.05) is 0 Å². The highest BCUT2D eigenvalue weighted by molar-refractivity contribution is 6.95. The second-order valence-electron chi connectivity index (χ2n) is 5.61. The van der Waals surface area contributed by atoms with Crippen molar-refractivity contribution in [2.24, 2.45) is 0 Å². The number of hydrogen-bond acceptors (Lipinski definition) is 0. The van der Waals surface area contributed by atoms with E-state index >= 15 is 0 Å². The van der Waals surface area contributed by atoms with Crippen LogP contribution in [0.15, 0.2) is 24.3 Å². The lowest BCUT2D eigenvalue weighted by molar-refractivity contribution is 0.741. The van der Waals surface area contributed by atoms with E-state index in [1.165, 1.54) is 11.1 Å². The van der Waals surface area contributed by atoms with Crippen molar-refractivity contribution in [2.45, 2.75) is 37.8 Å². The molecule has 4 heteroatoms. The first kappa shape index (κ1) is 14.3. The lowest BCUT2D eigenvalue weighted by Gasteiger charge is -2.25. The first-order chi connectivity index (χ1) is 7.33. The van der Waals surface area contributed by atoms with Crippen molar-refractivity contribution in [3.05, 3.63) is 35.4 Å². The summed E-state index contributed by atoms with van der Waals surface area (Å²) in [6, 6.07) is 8.86. The molecule has 0 spiro atoms. The van der Waals surface area contributed by atoms with Gasteiger partial charge in [0, 0.05) is 0 Å². The van der Waals surface area contributed by atoms with Crippen LogP contribution < -0.4 is 0 Å². The molecule has 0 N–H and O–H groups in total. The van der Waals surface area contributed by atoms with Gasteiger partial charge in [0.2, 0.25) is 0 Å². The zero-order valence-corrected chi connectivity index (χ0v) is 14.8. The van der Waals surface area contributed by atoms with Crippen molar-refractivity contribution in [1.29, 1.82) is 0 Å². The first-order valence-corrected chi connectivity index (χ1v) is 11.3. The van der Waals surface area contributed by atoms with Gasteiger partial charge in [0.05, 0.1) is 0 Å². The summed E-state index contributed by atoms with van der Waals surface area (Å²) in [5.74, 6) is 0. The maximum Gasteiger partial charge on any atom is 0.135 e. The molecule has 16 heavy (non-hydrogen) atoms. The van der Waals surface area contributed by atoms with Gasteiger partial charge in [0.1, 0.15) is 17.7 Å². The Hall–Kier alpha value is 0.234. The van der Waals surface area contributed by atoms with Gasteiger partial charge in [-0.3, -0.25) is 0 Å². The molecule has 0 amide bonds. The third kappa shape index (κ3) is 3.13. The number of benzene rings is 1. The van der Waals surface area contributed by atoms with Gasteiger partial charge < -0.3 is 0 Å². The van der Waals surface area contributed by atoms with Gasteiger partial charge in [-0.05, 0) is 21.2 Å². The molecule has 1 aromatic carbocycles. The Kier molecular flexibility index (Phi) is 4.70. The molecule has 0 fully saturated rings. The fourth-order valence-corrected chi connectivity index (χ4v) is 3.23. The van der Waals surface area contributed by atoms with Crippen LogP contribution in [0, 0.1) is 0 Å². The fourth-order valence-electron chi connectivity index (χ4n) is 1.53. The average molecular weight is 291 g/mol. The Bertz CT molecular complexity index is 310. The van der Waals surface area contributed by atoms with E-state index in [-0.39, 0.29) is 10.1 Å². The minimum Gasteiger partial charge on any atom is -0.175 e. The third-order valence-corrected chi connectivity index (χ3v) is 9.28. The molecule has 0 aliphatic rings. The Morgan fingerprint density at radius 3 is 1.19 bits per heavy atom. The Morgan fingerprint density at radius 2 is 1.00 bits per heavy atom. The van der Waals surface area contributed by atoms with E-state index in [0.717, 1.165) is 0 Å². The maximum atomic E-state index is 6.11. The molecule has 0 unspecified atom stereocenters. The molecule has 0 bridgehead atoms. The quantitative estimate of drug-likeness (QED) is 0.591. The van der Waals surface area contributed by atoms with E-state index in [0.29, 0.717) is 0 Å². The molecule has 0 nitrogen and oxygen atoms in total. The van der Waals surface area contributed by atoms with Crippen LogP contribution in [0.5, 0.6) is 0 Å². The van der Waals surface area contributed by atoms with Gasteiger partial charge in [-0.2, -0.15) is 22.2 Å². The normalized spacial score (nSPS) is 14.4. The SMILES string of the molecule is CC(C)([SiH2]Cl)c1ccc(C(C)(C)[SiH2]Cl)cc1. The van der Waals surface area contributed by atoms with E-state index in [4.69, 9.17) is 22.2 Å². The number of halogens is 2. The van der Waals surface area contributed by atoms with Gasteiger partial charge in [-0.25, -0.2) is 0 Å². The fraction of sp³-hybridized carbons (Fsp3) is 0.500. The van der Waals surface area contributed by atoms with Crippen molar-refractivity contribution in [3.8, 4) is 0 Å². The monoisotopic (exact) mass is 290 g/mol. The predicted molar refractivity (Wildman–Crippen MR) is 81.3 cm³/mol. The molecule has 0 aliphatic heterocycles. The molecule has 1 rings (SSSR count). The van der Waals surface area contributed by atoms with Crippen molar-refractivity contribution in [3.63, 3.8) is 0 Å². The summed E-state index contributed by atoms with van der Waals surface area (Å²) in [5.41, 5.74) is 2.70. The standard InChI is InChI=1S/C12H20Cl2Si2/c1-11(2,15-13)9-5-7-10(8-6-9)12(3,4)16-14/h5-8H,15-16H2,1-4H3. The van der Waals surface area contributed by atoms with Crippen LogP contribution in [-0.4, -0.2) is 17.7 Å². The first-order valence-electron chi connectivity index (χ1n) is 5.56. The van der Waals surface area contributed by atoms with Crippen LogP contribution in [0.2, 0.25) is 0 Å². The molecule has 1 aromatic rings. The van der Waals surface area contributed by atoms with Crippen LogP contribution in [0.25, 0.3) is 0 Å². The van der Waals surface area contributed by atoms with Gasteiger partial charge in [0.15, 0.2) is 0 Å². The highest BCUT2D eigenvalue weighted by atomic mass is 35.6. The minimum absolute atomic E-state index is 0.183. The van der Waals surface area contributed by atoms with E-state index in [1.54, 1.807) is 0 Å². The van der Waals surface area contributed by atoms with Gasteiger partial charge in [-0.15, -0.1) is 0 Å². The van der Waals surface area contributed by atoms with Crippen LogP contribution in [0.1, 0.15) is 38.8 Å². The van der Waals surface area contributed by atoms with Crippen molar-refractivity contribution in [1.82, 2.24) is 0 Å². The molecular formula is C12H20Cl2Si2. The summed E-state index contributed by atoms with van der Waals surface area (Å²) < 4.78 is 0. The van der Waals surface area contributed by atoms with Crippen molar-refractivity contribution in [2.75, 3.05) is 0 Å². The summed E-state index contributed by atoms with van der Waals surface area (Å²) in [6.45, 7) is 8.90. The molecule has 90 valence electrons. The van der Waals surface area contributed by atoms with Crippen molar-refractivity contribution >= 4 is 39.8 Å². The van der Waals surface area contributed by atoms with Gasteiger partial charge >= 0.3 is 0 Å². The van der Waals surface area contributed by atoms with Crippen LogP contribution >= 0.6 is 22.2 Å². The minimum atomic E-state index is -0.553. The summed E-state index contributed by atoms with van der Waals surface area (Å²) in [7, 11) is -1.11. The Morgan fingerprint density at radius 1 is 0.750 bits per heavy atom. The lowest BCUT2D eigenvalue weighted by Crippen LogP contribution is -2.24. The highest BCUT2D eigenvalue weighted by Crippen LogP contribution is 2.27. The summed E-state index contributed by atoms with van der Waals surface area (Å²) in [6.07, 6.45) is 0. The van der Waals surface area contributed by atoms with Crippen LogP contribution in [-0.2, 0) is 10.1 Å². The van der Waals surface area contributed by atoms with Gasteiger partial charge in [0.25, 0.3) is 0 Å². The Balaban J connectivity index is 3.00. The molecule has 0 aromatic heterocycles. The molecule has 0 saturated heterocycles. The number of rotatable bonds is 4. The molecule has 0 radical (unpaired) electrons. The molecular weight excluding hydrogens is 271 g/mol. The summed E-state index contributed by atoms with van der Waals surface area (Å²) >= 11 is 12.2. The number of hydrogen-bond donors (Lipinski definition) is 0. The molecule has 0 heterocycles. The molecule has 0 atom stereocenters. The molecule has 0 saturated carbocycles. The lowest BCUT2D eigenvalue weighted by atomic mass is 9.96. The van der Waals surface area contributed by atoms with E-state index < -0.39 is 17.7 Å². The van der Waals surface area contributed by atoms with Crippen LogP contribution in [0.4, 0.5) is 0 Å². The zero-order valence-electron chi connectivity index (χ0n) is 10.5. The summed E-state index contributed by atoms with van der Waals surface area (Å²) in [4.78, 5) is 0. The second-order valence-corrected chi connectivity index (χ2v) is 11.3. The smallest absolute Gasteiger partial charge is 0.135 e. The topological polar surface area (TPSA) is 0 Å². The average Bonchev–Trinajstić information content (AvgIpc) is 2.29. The van der Waals surface area contributed by atoms with E-state index in [9.17, 15) is 0 Å². The largest absolute Gasteiger partial charge is 0.175 e. The zero-order chi connectivity index (χ0) is 12.4. The maximum absolute atomic E-state index is 6.11. The van der Waals surface area contributed by atoms with E-state index in [2.05, 4.69) is 52.0 Å². The Labute approximate surface area is 113 Å². The predicted octanol–water partition coefficient (Wildman–Crippen LogP) is 2.80. The second kappa shape index (κ2) is 5.26.